The van der Waals surface area contributed by atoms with Crippen LogP contribution in [0.5, 0.6) is 0 Å². The fourth-order valence-electron chi connectivity index (χ4n) is 1.23. The number of hydrogen-bond donors (Lipinski definition) is 1. The molecule has 1 aliphatic carbocycles. The standard InChI is InChI=1S/C12H17NO/c1-2-9-14-10-8-11-4-3-5-12(13)7-6-11/h2,4-7H,1,3,8-10,13H2. The van der Waals surface area contributed by atoms with Gasteiger partial charge in [0.1, 0.15) is 0 Å². The average molecular weight is 191 g/mol. The minimum Gasteiger partial charge on any atom is -0.399 e. The van der Waals surface area contributed by atoms with Gasteiger partial charge in [-0.25, -0.2) is 0 Å². The Bertz CT molecular complexity index is 274. The van der Waals surface area contributed by atoms with Gasteiger partial charge in [-0.3, -0.25) is 0 Å². The summed E-state index contributed by atoms with van der Waals surface area (Å²) < 4.78 is 5.31. The fraction of sp³-hybridized carbons (Fsp3) is 0.333. The number of ether oxygens (including phenoxy) is 1. The van der Waals surface area contributed by atoms with Gasteiger partial charge in [0.25, 0.3) is 0 Å². The van der Waals surface area contributed by atoms with Crippen molar-refractivity contribution in [3.63, 3.8) is 0 Å². The predicted octanol–water partition coefficient (Wildman–Crippen LogP) is 2.31. The van der Waals surface area contributed by atoms with E-state index in [4.69, 9.17) is 10.5 Å². The Balaban J connectivity index is 2.28. The van der Waals surface area contributed by atoms with Crippen molar-refractivity contribution in [2.75, 3.05) is 13.2 Å². The van der Waals surface area contributed by atoms with Gasteiger partial charge in [0.05, 0.1) is 13.2 Å². The molecule has 2 N–H and O–H groups in total. The maximum atomic E-state index is 5.67. The molecule has 0 radical (unpaired) electrons. The Labute approximate surface area is 85.4 Å². The fourth-order valence-corrected chi connectivity index (χ4v) is 1.23. The van der Waals surface area contributed by atoms with E-state index in [1.54, 1.807) is 6.08 Å². The first-order chi connectivity index (χ1) is 6.83. The monoisotopic (exact) mass is 191 g/mol. The molecule has 0 atom stereocenters. The molecule has 0 aromatic carbocycles. The highest BCUT2D eigenvalue weighted by atomic mass is 16.5. The van der Waals surface area contributed by atoms with Crippen LogP contribution >= 0.6 is 0 Å². The van der Waals surface area contributed by atoms with E-state index in [9.17, 15) is 0 Å². The summed E-state index contributed by atoms with van der Waals surface area (Å²) in [6.45, 7) is 4.95. The predicted molar refractivity (Wildman–Crippen MR) is 59.7 cm³/mol. The lowest BCUT2D eigenvalue weighted by Crippen LogP contribution is -1.95. The zero-order chi connectivity index (χ0) is 10.2. The molecule has 0 amide bonds. The van der Waals surface area contributed by atoms with Gasteiger partial charge >= 0.3 is 0 Å². The van der Waals surface area contributed by atoms with E-state index in [1.165, 1.54) is 5.57 Å². The lowest BCUT2D eigenvalue weighted by molar-refractivity contribution is 0.166. The van der Waals surface area contributed by atoms with Gasteiger partial charge in [0.2, 0.25) is 0 Å². The van der Waals surface area contributed by atoms with Crippen molar-refractivity contribution in [1.29, 1.82) is 0 Å². The Morgan fingerprint density at radius 2 is 2.29 bits per heavy atom. The van der Waals surface area contributed by atoms with Gasteiger partial charge in [0, 0.05) is 5.70 Å². The summed E-state index contributed by atoms with van der Waals surface area (Å²) in [6, 6.07) is 0. The Kier molecular flexibility index (Phi) is 4.79. The summed E-state index contributed by atoms with van der Waals surface area (Å²) in [5.74, 6) is 0. The van der Waals surface area contributed by atoms with Crippen molar-refractivity contribution < 1.29 is 4.74 Å². The van der Waals surface area contributed by atoms with Crippen molar-refractivity contribution in [2.24, 2.45) is 5.73 Å². The van der Waals surface area contributed by atoms with E-state index in [1.807, 2.05) is 12.2 Å². The van der Waals surface area contributed by atoms with Crippen molar-refractivity contribution in [3.05, 3.63) is 48.2 Å². The Hall–Kier alpha value is -1.28. The summed E-state index contributed by atoms with van der Waals surface area (Å²) >= 11 is 0. The number of allylic oxidation sites excluding steroid dienone is 4. The molecule has 0 saturated carbocycles. The molecule has 0 aromatic rings. The summed E-state index contributed by atoms with van der Waals surface area (Å²) in [5, 5.41) is 0. The van der Waals surface area contributed by atoms with Crippen molar-refractivity contribution in [3.8, 4) is 0 Å². The van der Waals surface area contributed by atoms with Gasteiger partial charge in [-0.2, -0.15) is 0 Å². The molecule has 1 aliphatic rings. The zero-order valence-corrected chi connectivity index (χ0v) is 8.41. The molecule has 0 unspecified atom stereocenters. The molecule has 0 aromatic heterocycles. The van der Waals surface area contributed by atoms with Gasteiger partial charge in [-0.1, -0.05) is 24.3 Å². The van der Waals surface area contributed by atoms with Crippen molar-refractivity contribution in [2.45, 2.75) is 12.8 Å². The molecular formula is C12H17NO. The smallest absolute Gasteiger partial charge is 0.0644 e. The molecule has 0 bridgehead atoms. The highest BCUT2D eigenvalue weighted by Crippen LogP contribution is 2.10. The SMILES string of the molecule is C=CCOCCC1=CCC=C(N)C=C1. The zero-order valence-electron chi connectivity index (χ0n) is 8.41. The third-order valence-corrected chi connectivity index (χ3v) is 1.99. The lowest BCUT2D eigenvalue weighted by atomic mass is 10.1. The van der Waals surface area contributed by atoms with Crippen LogP contribution in [0.4, 0.5) is 0 Å². The minimum absolute atomic E-state index is 0.622. The van der Waals surface area contributed by atoms with E-state index < -0.39 is 0 Å². The van der Waals surface area contributed by atoms with Crippen LogP contribution in [-0.4, -0.2) is 13.2 Å². The first kappa shape index (κ1) is 10.8. The number of nitrogens with two attached hydrogens (primary N) is 1. The minimum atomic E-state index is 0.622. The maximum Gasteiger partial charge on any atom is 0.0644 e. The van der Waals surface area contributed by atoms with E-state index >= 15 is 0 Å². The maximum absolute atomic E-state index is 5.67. The van der Waals surface area contributed by atoms with Crippen LogP contribution in [-0.2, 0) is 4.74 Å². The number of rotatable bonds is 5. The molecule has 1 rings (SSSR count). The number of hydrogen-bond acceptors (Lipinski definition) is 2. The van der Waals surface area contributed by atoms with Crippen LogP contribution in [0, 0.1) is 0 Å². The van der Waals surface area contributed by atoms with E-state index in [2.05, 4.69) is 18.7 Å². The topological polar surface area (TPSA) is 35.2 Å². The second-order valence-corrected chi connectivity index (χ2v) is 3.17. The van der Waals surface area contributed by atoms with E-state index in [0.29, 0.717) is 6.61 Å². The average Bonchev–Trinajstić information content (AvgIpc) is 2.38. The van der Waals surface area contributed by atoms with Crippen LogP contribution < -0.4 is 5.73 Å². The molecule has 2 heteroatoms. The third kappa shape index (κ3) is 4.10. The summed E-state index contributed by atoms with van der Waals surface area (Å²) in [7, 11) is 0. The first-order valence-electron chi connectivity index (χ1n) is 4.84. The Morgan fingerprint density at radius 3 is 3.07 bits per heavy atom. The van der Waals surface area contributed by atoms with Crippen LogP contribution in [0.1, 0.15) is 12.8 Å². The second kappa shape index (κ2) is 6.22. The largest absolute Gasteiger partial charge is 0.399 e. The normalized spacial score (nSPS) is 15.7. The highest BCUT2D eigenvalue weighted by Gasteiger charge is 1.96. The lowest BCUT2D eigenvalue weighted by Gasteiger charge is -2.01. The van der Waals surface area contributed by atoms with Crippen molar-refractivity contribution >= 4 is 0 Å². The first-order valence-corrected chi connectivity index (χ1v) is 4.84. The van der Waals surface area contributed by atoms with E-state index in [-0.39, 0.29) is 0 Å². The van der Waals surface area contributed by atoms with Gasteiger partial charge in [-0.05, 0) is 24.5 Å². The molecule has 14 heavy (non-hydrogen) atoms. The molecular weight excluding hydrogens is 174 g/mol. The van der Waals surface area contributed by atoms with Gasteiger partial charge in [-0.15, -0.1) is 6.58 Å². The molecule has 0 aliphatic heterocycles. The van der Waals surface area contributed by atoms with E-state index in [0.717, 1.165) is 25.1 Å². The molecule has 76 valence electrons. The third-order valence-electron chi connectivity index (χ3n) is 1.99. The molecule has 2 nitrogen and oxygen atoms in total. The van der Waals surface area contributed by atoms with Crippen LogP contribution in [0.25, 0.3) is 0 Å². The summed E-state index contributed by atoms with van der Waals surface area (Å²) in [5.41, 5.74) is 7.79. The summed E-state index contributed by atoms with van der Waals surface area (Å²) in [4.78, 5) is 0. The molecule has 0 fully saturated rings. The van der Waals surface area contributed by atoms with Crippen LogP contribution in [0.3, 0.4) is 0 Å². The quantitative estimate of drug-likeness (QED) is 0.534. The molecule has 0 heterocycles. The summed E-state index contributed by atoms with van der Waals surface area (Å²) in [6.07, 6.45) is 11.8. The van der Waals surface area contributed by atoms with Gasteiger partial charge in [0.15, 0.2) is 0 Å². The Morgan fingerprint density at radius 1 is 1.43 bits per heavy atom. The molecule has 0 spiro atoms. The van der Waals surface area contributed by atoms with Gasteiger partial charge < -0.3 is 10.5 Å². The van der Waals surface area contributed by atoms with Crippen molar-refractivity contribution in [1.82, 2.24) is 0 Å². The van der Waals surface area contributed by atoms with Crippen LogP contribution in [0.2, 0.25) is 0 Å². The highest BCUT2D eigenvalue weighted by molar-refractivity contribution is 5.30. The molecule has 0 saturated heterocycles. The second-order valence-electron chi connectivity index (χ2n) is 3.17. The van der Waals surface area contributed by atoms with Crippen LogP contribution in [0.15, 0.2) is 48.2 Å².